The maximum Gasteiger partial charge on any atom is 0.323 e. The van der Waals surface area contributed by atoms with E-state index in [1.807, 2.05) is 55.1 Å². The molecule has 0 spiro atoms. The molecule has 2 saturated heterocycles. The highest BCUT2D eigenvalue weighted by Gasteiger charge is 2.30. The monoisotopic (exact) mass is 602 g/mol. The molecule has 8 nitrogen and oxygen atoms in total. The largest absolute Gasteiger partial charge is 0.367 e. The van der Waals surface area contributed by atoms with Crippen molar-refractivity contribution in [3.63, 3.8) is 0 Å². The number of aryl methyl sites for hydroxylation is 2. The molecule has 0 aliphatic carbocycles. The van der Waals surface area contributed by atoms with Gasteiger partial charge in [-0.3, -0.25) is 14.6 Å². The Balaban J connectivity index is 1.34. The SMILES string of the molecule is Cc1ccc(N(C(N)=O)c2cc(C(=O)N3CCNCC3)ccc2N2CCN(C(c3ccccc3)c3ccccc3)CC2)c(C)c1. The van der Waals surface area contributed by atoms with Gasteiger partial charge < -0.3 is 20.9 Å². The number of carbonyl (C=O) groups excluding carboxylic acids is 2. The van der Waals surface area contributed by atoms with Gasteiger partial charge >= 0.3 is 6.03 Å². The van der Waals surface area contributed by atoms with Crippen molar-refractivity contribution in [1.29, 1.82) is 0 Å². The minimum absolute atomic E-state index is 0.0345. The van der Waals surface area contributed by atoms with Crippen LogP contribution in [0.25, 0.3) is 0 Å². The van der Waals surface area contributed by atoms with Gasteiger partial charge in [-0.25, -0.2) is 4.79 Å². The van der Waals surface area contributed by atoms with Crippen LogP contribution in [0, 0.1) is 13.8 Å². The van der Waals surface area contributed by atoms with Crippen molar-refractivity contribution in [2.75, 3.05) is 62.2 Å². The minimum Gasteiger partial charge on any atom is -0.367 e. The maximum absolute atomic E-state index is 13.6. The Bertz CT molecular complexity index is 1590. The van der Waals surface area contributed by atoms with Crippen LogP contribution in [0.2, 0.25) is 0 Å². The number of rotatable bonds is 7. The van der Waals surface area contributed by atoms with Gasteiger partial charge in [0.2, 0.25) is 0 Å². The molecule has 2 heterocycles. The van der Waals surface area contributed by atoms with Gasteiger partial charge in [0.05, 0.1) is 23.1 Å². The van der Waals surface area contributed by atoms with Crippen molar-refractivity contribution in [3.8, 4) is 0 Å². The molecule has 4 aromatic rings. The van der Waals surface area contributed by atoms with Crippen LogP contribution >= 0.6 is 0 Å². The number of piperazine rings is 2. The summed E-state index contributed by atoms with van der Waals surface area (Å²) in [5.74, 6) is -0.0345. The number of primary amides is 1. The van der Waals surface area contributed by atoms with Crippen LogP contribution in [-0.2, 0) is 0 Å². The van der Waals surface area contributed by atoms with E-state index in [0.717, 1.165) is 56.1 Å². The van der Waals surface area contributed by atoms with Crippen molar-refractivity contribution in [1.82, 2.24) is 15.1 Å². The molecule has 8 heteroatoms. The lowest BCUT2D eigenvalue weighted by atomic mass is 9.96. The van der Waals surface area contributed by atoms with Crippen molar-refractivity contribution >= 4 is 29.0 Å². The zero-order valence-electron chi connectivity index (χ0n) is 26.2. The zero-order chi connectivity index (χ0) is 31.3. The number of hydrogen-bond donors (Lipinski definition) is 2. The molecule has 2 fully saturated rings. The van der Waals surface area contributed by atoms with Gasteiger partial charge in [0, 0.05) is 57.9 Å². The Kier molecular flexibility index (Phi) is 9.14. The van der Waals surface area contributed by atoms with E-state index in [1.165, 1.54) is 11.1 Å². The van der Waals surface area contributed by atoms with Crippen molar-refractivity contribution in [2.24, 2.45) is 5.73 Å². The summed E-state index contributed by atoms with van der Waals surface area (Å²) in [6.45, 7) is 10.0. The molecule has 0 saturated carbocycles. The molecule has 3 N–H and O–H groups in total. The standard InChI is InChI=1S/C37H42N6O2/c1-27-13-15-32(28(2)25-27)43(37(38)45)34-26-31(36(44)42-19-17-39-18-20-42)14-16-33(34)40-21-23-41(24-22-40)35(29-9-5-3-6-10-29)30-11-7-4-8-12-30/h3-16,25-26,35,39H,17-24H2,1-2H3,(H2,38,45). The van der Waals surface area contributed by atoms with E-state index in [9.17, 15) is 9.59 Å². The fourth-order valence-corrected chi connectivity index (χ4v) is 6.68. The van der Waals surface area contributed by atoms with Gasteiger partial charge in [-0.2, -0.15) is 0 Å². The highest BCUT2D eigenvalue weighted by atomic mass is 16.2. The second-order valence-electron chi connectivity index (χ2n) is 12.0. The summed E-state index contributed by atoms with van der Waals surface area (Å²) < 4.78 is 0. The molecule has 3 amide bonds. The normalized spacial score (nSPS) is 15.7. The Morgan fingerprint density at radius 3 is 1.93 bits per heavy atom. The van der Waals surface area contributed by atoms with Crippen LogP contribution in [0.1, 0.15) is 38.7 Å². The van der Waals surface area contributed by atoms with Gasteiger partial charge in [-0.15, -0.1) is 0 Å². The number of nitrogens with one attached hydrogen (secondary N) is 1. The van der Waals surface area contributed by atoms with Gasteiger partial charge in [0.25, 0.3) is 5.91 Å². The Hall–Kier alpha value is -4.66. The van der Waals surface area contributed by atoms with Crippen LogP contribution in [0.5, 0.6) is 0 Å². The van der Waals surface area contributed by atoms with E-state index < -0.39 is 6.03 Å². The van der Waals surface area contributed by atoms with Crippen molar-refractivity contribution < 1.29 is 9.59 Å². The topological polar surface area (TPSA) is 85.1 Å². The van der Waals surface area contributed by atoms with Gasteiger partial charge in [-0.1, -0.05) is 78.4 Å². The van der Waals surface area contributed by atoms with E-state index in [0.29, 0.717) is 30.0 Å². The first kappa shape index (κ1) is 30.4. The van der Waals surface area contributed by atoms with Crippen LogP contribution in [0.4, 0.5) is 21.9 Å². The summed E-state index contributed by atoms with van der Waals surface area (Å²) in [4.78, 5) is 35.1. The third-order valence-corrected chi connectivity index (χ3v) is 8.93. The highest BCUT2D eigenvalue weighted by Crippen LogP contribution is 2.39. The number of urea groups is 1. The number of benzene rings is 4. The predicted molar refractivity (Wildman–Crippen MR) is 181 cm³/mol. The quantitative estimate of drug-likeness (QED) is 0.293. The van der Waals surface area contributed by atoms with Crippen LogP contribution in [0.3, 0.4) is 0 Å². The summed E-state index contributed by atoms with van der Waals surface area (Å²) in [6, 6.07) is 32.6. The number of carbonyl (C=O) groups is 2. The smallest absolute Gasteiger partial charge is 0.323 e. The lowest BCUT2D eigenvalue weighted by Crippen LogP contribution is -2.48. The van der Waals surface area contributed by atoms with Gasteiger partial charge in [0.15, 0.2) is 0 Å². The molecule has 0 bridgehead atoms. The Morgan fingerprint density at radius 1 is 0.733 bits per heavy atom. The molecule has 2 aliphatic heterocycles. The molecule has 0 aromatic heterocycles. The summed E-state index contributed by atoms with van der Waals surface area (Å²) in [7, 11) is 0. The fraction of sp³-hybridized carbons (Fsp3) is 0.297. The molecular weight excluding hydrogens is 560 g/mol. The zero-order valence-corrected chi connectivity index (χ0v) is 26.2. The molecule has 4 aromatic carbocycles. The van der Waals surface area contributed by atoms with Crippen LogP contribution in [-0.4, -0.2) is 74.1 Å². The molecule has 45 heavy (non-hydrogen) atoms. The molecule has 0 atom stereocenters. The summed E-state index contributed by atoms with van der Waals surface area (Å²) in [6.07, 6.45) is 0. The summed E-state index contributed by atoms with van der Waals surface area (Å²) in [5, 5.41) is 3.31. The average Bonchev–Trinajstić information content (AvgIpc) is 3.07. The average molecular weight is 603 g/mol. The second kappa shape index (κ2) is 13.5. The van der Waals surface area contributed by atoms with E-state index in [1.54, 1.807) is 4.90 Å². The van der Waals surface area contributed by atoms with Gasteiger partial charge in [0.1, 0.15) is 0 Å². The predicted octanol–water partition coefficient (Wildman–Crippen LogP) is 5.48. The fourth-order valence-electron chi connectivity index (χ4n) is 6.68. The highest BCUT2D eigenvalue weighted by molar-refractivity contribution is 6.05. The van der Waals surface area contributed by atoms with Crippen molar-refractivity contribution in [3.05, 3.63) is 125 Å². The summed E-state index contributed by atoms with van der Waals surface area (Å²) >= 11 is 0. The molecule has 6 rings (SSSR count). The first-order chi connectivity index (χ1) is 21.9. The first-order valence-electron chi connectivity index (χ1n) is 15.8. The first-order valence-corrected chi connectivity index (χ1v) is 15.8. The van der Waals surface area contributed by atoms with Gasteiger partial charge in [-0.05, 0) is 54.8 Å². The molecule has 2 aliphatic rings. The van der Waals surface area contributed by atoms with Crippen LogP contribution in [0.15, 0.2) is 97.1 Å². The number of nitrogens with zero attached hydrogens (tertiary/aromatic N) is 4. The molecular formula is C37H42N6O2. The number of hydrogen-bond acceptors (Lipinski definition) is 5. The van der Waals surface area contributed by atoms with E-state index in [4.69, 9.17) is 5.73 Å². The van der Waals surface area contributed by atoms with Crippen molar-refractivity contribution in [2.45, 2.75) is 19.9 Å². The Morgan fingerprint density at radius 2 is 1.36 bits per heavy atom. The number of nitrogens with two attached hydrogens (primary N) is 1. The number of anilines is 3. The third kappa shape index (κ3) is 6.57. The van der Waals surface area contributed by atoms with E-state index in [-0.39, 0.29) is 11.9 Å². The maximum atomic E-state index is 13.6. The lowest BCUT2D eigenvalue weighted by Gasteiger charge is -2.42. The number of amides is 3. The van der Waals surface area contributed by atoms with E-state index >= 15 is 0 Å². The van der Waals surface area contributed by atoms with Crippen LogP contribution < -0.4 is 20.9 Å². The molecule has 0 unspecified atom stereocenters. The minimum atomic E-state index is -0.582. The second-order valence-corrected chi connectivity index (χ2v) is 12.0. The lowest BCUT2D eigenvalue weighted by molar-refractivity contribution is 0.0736. The third-order valence-electron chi connectivity index (χ3n) is 8.93. The van der Waals surface area contributed by atoms with E-state index in [2.05, 4.69) is 75.8 Å². The molecule has 232 valence electrons. The molecule has 0 radical (unpaired) electrons. The summed E-state index contributed by atoms with van der Waals surface area (Å²) in [5.41, 5.74) is 13.5. The Labute approximate surface area is 266 Å².